The van der Waals surface area contributed by atoms with E-state index in [4.69, 9.17) is 23.2 Å². The largest absolute Gasteiger partial charge is 0.309 e. The average molecular weight is 322 g/mol. The second kappa shape index (κ2) is 7.31. The highest BCUT2D eigenvalue weighted by atomic mass is 35.5. The summed E-state index contributed by atoms with van der Waals surface area (Å²) in [5, 5.41) is 4.69. The van der Waals surface area contributed by atoms with Gasteiger partial charge in [0.2, 0.25) is 0 Å². The third kappa shape index (κ3) is 3.60. The summed E-state index contributed by atoms with van der Waals surface area (Å²) in [4.78, 5) is 0. The van der Waals surface area contributed by atoms with Crippen molar-refractivity contribution < 1.29 is 0 Å². The van der Waals surface area contributed by atoms with E-state index in [2.05, 4.69) is 43.4 Å². The lowest BCUT2D eigenvalue weighted by Gasteiger charge is -2.20. The fraction of sp³-hybridized carbons (Fsp3) is 0.333. The van der Waals surface area contributed by atoms with E-state index in [1.54, 1.807) is 0 Å². The third-order valence-corrected chi connectivity index (χ3v) is 4.69. The van der Waals surface area contributed by atoms with Crippen molar-refractivity contribution in [3.8, 4) is 0 Å². The molecule has 1 nitrogen and oxygen atoms in total. The van der Waals surface area contributed by atoms with E-state index in [0.717, 1.165) is 12.0 Å². The molecule has 0 saturated heterocycles. The third-order valence-electron chi connectivity index (χ3n) is 4.03. The molecular weight excluding hydrogens is 301 g/mol. The van der Waals surface area contributed by atoms with E-state index in [1.165, 1.54) is 11.1 Å². The molecule has 0 aliphatic heterocycles. The van der Waals surface area contributed by atoms with Crippen LogP contribution in [0.25, 0.3) is 0 Å². The lowest BCUT2D eigenvalue weighted by molar-refractivity contribution is 0.689. The first-order valence-electron chi connectivity index (χ1n) is 7.29. The molecule has 21 heavy (non-hydrogen) atoms. The molecule has 0 aliphatic carbocycles. The number of benzene rings is 2. The van der Waals surface area contributed by atoms with Crippen LogP contribution in [0.2, 0.25) is 10.0 Å². The summed E-state index contributed by atoms with van der Waals surface area (Å²) in [5.74, 6) is 0.580. The predicted octanol–water partition coefficient (Wildman–Crippen LogP) is 5.82. The molecule has 0 heterocycles. The summed E-state index contributed by atoms with van der Waals surface area (Å²) in [6.07, 6.45) is 1.14. The van der Waals surface area contributed by atoms with Crippen molar-refractivity contribution in [2.45, 2.75) is 32.2 Å². The van der Waals surface area contributed by atoms with Crippen LogP contribution in [-0.4, -0.2) is 7.05 Å². The zero-order chi connectivity index (χ0) is 15.4. The van der Waals surface area contributed by atoms with Gasteiger partial charge in [0, 0.05) is 15.6 Å². The van der Waals surface area contributed by atoms with Crippen molar-refractivity contribution in [2.24, 2.45) is 0 Å². The standard InChI is InChI=1S/C18H21Cl2N/c1-4-12(2)13-8-10-14(11-9-13)18(21-3)17-15(19)6-5-7-16(17)20/h5-12,18,21H,4H2,1-3H3. The van der Waals surface area contributed by atoms with Gasteiger partial charge >= 0.3 is 0 Å². The molecule has 0 aromatic heterocycles. The molecule has 112 valence electrons. The van der Waals surface area contributed by atoms with E-state index in [9.17, 15) is 0 Å². The molecular formula is C18H21Cl2N. The van der Waals surface area contributed by atoms with Crippen molar-refractivity contribution in [3.63, 3.8) is 0 Å². The molecule has 0 radical (unpaired) electrons. The molecule has 2 rings (SSSR count). The Labute approximate surface area is 137 Å². The normalized spacial score (nSPS) is 14.0. The fourth-order valence-corrected chi connectivity index (χ4v) is 3.13. The SMILES string of the molecule is CCC(C)c1ccc(C(NC)c2c(Cl)cccc2Cl)cc1. The Morgan fingerprint density at radius 1 is 0.952 bits per heavy atom. The highest BCUT2D eigenvalue weighted by molar-refractivity contribution is 6.36. The molecule has 2 aromatic carbocycles. The van der Waals surface area contributed by atoms with E-state index in [-0.39, 0.29) is 6.04 Å². The molecule has 0 amide bonds. The Morgan fingerprint density at radius 2 is 1.48 bits per heavy atom. The van der Waals surface area contributed by atoms with E-state index in [0.29, 0.717) is 16.0 Å². The number of rotatable bonds is 5. The zero-order valence-electron chi connectivity index (χ0n) is 12.7. The summed E-state index contributed by atoms with van der Waals surface area (Å²) < 4.78 is 0. The number of hydrogen-bond donors (Lipinski definition) is 1. The predicted molar refractivity (Wildman–Crippen MR) is 92.5 cm³/mol. The quantitative estimate of drug-likeness (QED) is 0.732. The summed E-state index contributed by atoms with van der Waals surface area (Å²) in [6, 6.07) is 14.3. The second-order valence-corrected chi connectivity index (χ2v) is 6.15. The van der Waals surface area contributed by atoms with Crippen LogP contribution in [0.4, 0.5) is 0 Å². The first-order valence-corrected chi connectivity index (χ1v) is 8.05. The maximum absolute atomic E-state index is 6.33. The number of nitrogens with one attached hydrogen (secondary N) is 1. The molecule has 2 unspecified atom stereocenters. The van der Waals surface area contributed by atoms with Gasteiger partial charge in [-0.25, -0.2) is 0 Å². The van der Waals surface area contributed by atoms with Gasteiger partial charge in [-0.2, -0.15) is 0 Å². The van der Waals surface area contributed by atoms with Gasteiger partial charge in [-0.05, 0) is 42.6 Å². The summed E-state index contributed by atoms with van der Waals surface area (Å²) in [6.45, 7) is 4.45. The molecule has 0 spiro atoms. The summed E-state index contributed by atoms with van der Waals surface area (Å²) >= 11 is 12.7. The van der Waals surface area contributed by atoms with Gasteiger partial charge < -0.3 is 5.32 Å². The highest BCUT2D eigenvalue weighted by Gasteiger charge is 2.18. The lowest BCUT2D eigenvalue weighted by Crippen LogP contribution is -2.18. The van der Waals surface area contributed by atoms with Gasteiger partial charge in [-0.15, -0.1) is 0 Å². The van der Waals surface area contributed by atoms with Crippen LogP contribution in [0.15, 0.2) is 42.5 Å². The molecule has 2 aromatic rings. The van der Waals surface area contributed by atoms with Crippen molar-refractivity contribution in [2.75, 3.05) is 7.05 Å². The van der Waals surface area contributed by atoms with E-state index < -0.39 is 0 Å². The van der Waals surface area contributed by atoms with Crippen LogP contribution >= 0.6 is 23.2 Å². The Balaban J connectivity index is 2.38. The van der Waals surface area contributed by atoms with Crippen LogP contribution in [0.5, 0.6) is 0 Å². The maximum atomic E-state index is 6.33. The molecule has 2 atom stereocenters. The molecule has 1 N–H and O–H groups in total. The average Bonchev–Trinajstić information content (AvgIpc) is 2.50. The van der Waals surface area contributed by atoms with Gasteiger partial charge in [-0.3, -0.25) is 0 Å². The van der Waals surface area contributed by atoms with Crippen LogP contribution in [0, 0.1) is 0 Å². The van der Waals surface area contributed by atoms with Crippen LogP contribution in [0.3, 0.4) is 0 Å². The molecule has 0 aliphatic rings. The van der Waals surface area contributed by atoms with Crippen LogP contribution in [-0.2, 0) is 0 Å². The van der Waals surface area contributed by atoms with Crippen molar-refractivity contribution in [1.29, 1.82) is 0 Å². The lowest BCUT2D eigenvalue weighted by atomic mass is 9.93. The Kier molecular flexibility index (Phi) is 5.69. The van der Waals surface area contributed by atoms with Crippen molar-refractivity contribution in [1.82, 2.24) is 5.32 Å². The van der Waals surface area contributed by atoms with E-state index in [1.807, 2.05) is 25.2 Å². The molecule has 0 fully saturated rings. The highest BCUT2D eigenvalue weighted by Crippen LogP contribution is 2.34. The minimum absolute atomic E-state index is 0.00261. The molecule has 0 saturated carbocycles. The second-order valence-electron chi connectivity index (χ2n) is 5.33. The monoisotopic (exact) mass is 321 g/mol. The smallest absolute Gasteiger partial charge is 0.0603 e. The minimum Gasteiger partial charge on any atom is -0.309 e. The van der Waals surface area contributed by atoms with Crippen LogP contribution < -0.4 is 5.32 Å². The first kappa shape index (κ1) is 16.4. The van der Waals surface area contributed by atoms with Gasteiger partial charge in [0.15, 0.2) is 0 Å². The van der Waals surface area contributed by atoms with Gasteiger partial charge in [0.25, 0.3) is 0 Å². The Bertz CT molecular complexity index is 572. The Morgan fingerprint density at radius 3 is 1.95 bits per heavy atom. The minimum atomic E-state index is -0.00261. The summed E-state index contributed by atoms with van der Waals surface area (Å²) in [7, 11) is 1.92. The van der Waals surface area contributed by atoms with E-state index >= 15 is 0 Å². The molecule has 0 bridgehead atoms. The number of hydrogen-bond acceptors (Lipinski definition) is 1. The molecule has 3 heteroatoms. The van der Waals surface area contributed by atoms with Crippen molar-refractivity contribution >= 4 is 23.2 Å². The van der Waals surface area contributed by atoms with Crippen molar-refractivity contribution in [3.05, 3.63) is 69.2 Å². The number of halogens is 2. The van der Waals surface area contributed by atoms with Gasteiger partial charge in [-0.1, -0.05) is 67.4 Å². The fourth-order valence-electron chi connectivity index (χ4n) is 2.52. The zero-order valence-corrected chi connectivity index (χ0v) is 14.2. The topological polar surface area (TPSA) is 12.0 Å². The first-order chi connectivity index (χ1) is 10.1. The summed E-state index contributed by atoms with van der Waals surface area (Å²) in [5.41, 5.74) is 3.46. The van der Waals surface area contributed by atoms with Gasteiger partial charge in [0.05, 0.1) is 6.04 Å². The van der Waals surface area contributed by atoms with Gasteiger partial charge in [0.1, 0.15) is 0 Å². The van der Waals surface area contributed by atoms with Crippen LogP contribution in [0.1, 0.15) is 48.9 Å². The Hall–Kier alpha value is -1.02. The maximum Gasteiger partial charge on any atom is 0.0603 e.